The number of carbonyl (C=O) groups excluding carboxylic acids is 2. The van der Waals surface area contributed by atoms with E-state index >= 15 is 0 Å². The zero-order valence-corrected chi connectivity index (χ0v) is 16.1. The maximum absolute atomic E-state index is 12.5. The van der Waals surface area contributed by atoms with Crippen molar-refractivity contribution in [2.45, 2.75) is 45.3 Å². The molecule has 0 unspecified atom stereocenters. The second-order valence-corrected chi connectivity index (χ2v) is 7.31. The monoisotopic (exact) mass is 364 g/mol. The van der Waals surface area contributed by atoms with Crippen molar-refractivity contribution >= 4 is 12.0 Å². The zero-order valence-electron chi connectivity index (χ0n) is 16.1. The molecule has 2 rings (SSSR count). The molecule has 1 aliphatic heterocycles. The van der Waals surface area contributed by atoms with Crippen LogP contribution in [0.3, 0.4) is 0 Å². The van der Waals surface area contributed by atoms with Gasteiger partial charge in [-0.1, -0.05) is 0 Å². The van der Waals surface area contributed by atoms with Gasteiger partial charge < -0.3 is 24.4 Å². The first-order chi connectivity index (χ1) is 12.2. The molecule has 0 aromatic heterocycles. The van der Waals surface area contributed by atoms with Crippen molar-refractivity contribution < 1.29 is 23.8 Å². The molecule has 144 valence electrons. The molecule has 7 heteroatoms. The highest BCUT2D eigenvalue weighted by Crippen LogP contribution is 2.27. The summed E-state index contributed by atoms with van der Waals surface area (Å²) in [4.78, 5) is 26.4. The van der Waals surface area contributed by atoms with Gasteiger partial charge in [0, 0.05) is 24.7 Å². The number of rotatable bonds is 4. The summed E-state index contributed by atoms with van der Waals surface area (Å²) >= 11 is 0. The summed E-state index contributed by atoms with van der Waals surface area (Å²) in [5, 5.41) is 2.99. The Morgan fingerprint density at radius 1 is 1.15 bits per heavy atom. The van der Waals surface area contributed by atoms with E-state index in [9.17, 15) is 9.59 Å². The molecule has 2 amide bonds. The summed E-state index contributed by atoms with van der Waals surface area (Å²) in [6, 6.07) is 4.91. The Bertz CT molecular complexity index is 654. The van der Waals surface area contributed by atoms with Gasteiger partial charge in [-0.3, -0.25) is 4.79 Å². The summed E-state index contributed by atoms with van der Waals surface area (Å²) in [5.74, 6) is 0.860. The minimum absolute atomic E-state index is 0.114. The molecule has 1 fully saturated rings. The summed E-state index contributed by atoms with van der Waals surface area (Å²) in [7, 11) is 3.07. The lowest BCUT2D eigenvalue weighted by atomic mass is 10.1. The summed E-state index contributed by atoms with van der Waals surface area (Å²) < 4.78 is 15.8. The van der Waals surface area contributed by atoms with Crippen LogP contribution in [-0.2, 0) is 4.74 Å². The molecule has 0 radical (unpaired) electrons. The molecule has 0 aliphatic carbocycles. The van der Waals surface area contributed by atoms with Gasteiger partial charge in [-0.2, -0.15) is 0 Å². The lowest BCUT2D eigenvalue weighted by molar-refractivity contribution is 0.0185. The average molecular weight is 364 g/mol. The Labute approximate surface area is 154 Å². The highest BCUT2D eigenvalue weighted by atomic mass is 16.6. The van der Waals surface area contributed by atoms with E-state index in [1.54, 1.807) is 30.2 Å². The number of methoxy groups -OCH3 is 2. The SMILES string of the molecule is COc1ccc(C(=O)N[C@H]2CCCN(C(=O)OC(C)(C)C)C2)cc1OC. The number of hydrogen-bond acceptors (Lipinski definition) is 5. The van der Waals surface area contributed by atoms with Crippen LogP contribution in [-0.4, -0.2) is 55.9 Å². The second-order valence-electron chi connectivity index (χ2n) is 7.31. The van der Waals surface area contributed by atoms with Crippen LogP contribution in [0.2, 0.25) is 0 Å². The molecular weight excluding hydrogens is 336 g/mol. The Balaban J connectivity index is 1.99. The number of ether oxygens (including phenoxy) is 3. The first-order valence-electron chi connectivity index (χ1n) is 8.74. The van der Waals surface area contributed by atoms with Crippen LogP contribution in [0.25, 0.3) is 0 Å². The zero-order chi connectivity index (χ0) is 19.3. The van der Waals surface area contributed by atoms with Gasteiger partial charge in [0.05, 0.1) is 14.2 Å². The van der Waals surface area contributed by atoms with Crippen LogP contribution in [0.1, 0.15) is 44.0 Å². The van der Waals surface area contributed by atoms with Crippen LogP contribution in [0, 0.1) is 0 Å². The lowest BCUT2D eigenvalue weighted by Crippen LogP contribution is -2.50. The van der Waals surface area contributed by atoms with Crippen molar-refractivity contribution in [1.29, 1.82) is 0 Å². The number of likely N-dealkylation sites (tertiary alicyclic amines) is 1. The van der Waals surface area contributed by atoms with Gasteiger partial charge in [0.2, 0.25) is 0 Å². The molecular formula is C19H28N2O5. The van der Waals surface area contributed by atoms with Gasteiger partial charge in [0.25, 0.3) is 5.91 Å². The number of amides is 2. The van der Waals surface area contributed by atoms with Crippen LogP contribution in [0.4, 0.5) is 4.79 Å². The molecule has 1 atom stereocenters. The lowest BCUT2D eigenvalue weighted by Gasteiger charge is -2.34. The van der Waals surface area contributed by atoms with Gasteiger partial charge in [0.15, 0.2) is 11.5 Å². The van der Waals surface area contributed by atoms with Gasteiger partial charge in [-0.15, -0.1) is 0 Å². The van der Waals surface area contributed by atoms with E-state index < -0.39 is 5.60 Å². The molecule has 1 aromatic carbocycles. The van der Waals surface area contributed by atoms with Crippen LogP contribution in [0.15, 0.2) is 18.2 Å². The summed E-state index contributed by atoms with van der Waals surface area (Å²) in [6.07, 6.45) is 1.29. The smallest absolute Gasteiger partial charge is 0.410 e. The molecule has 1 heterocycles. The van der Waals surface area contributed by atoms with Crippen LogP contribution in [0.5, 0.6) is 11.5 Å². The fourth-order valence-corrected chi connectivity index (χ4v) is 2.83. The molecule has 7 nitrogen and oxygen atoms in total. The predicted molar refractivity (Wildman–Crippen MR) is 97.8 cm³/mol. The fraction of sp³-hybridized carbons (Fsp3) is 0.579. The van der Waals surface area contributed by atoms with Crippen molar-refractivity contribution in [2.24, 2.45) is 0 Å². The highest BCUT2D eigenvalue weighted by Gasteiger charge is 2.28. The minimum atomic E-state index is -0.535. The van der Waals surface area contributed by atoms with Crippen molar-refractivity contribution in [3.63, 3.8) is 0 Å². The van der Waals surface area contributed by atoms with Crippen molar-refractivity contribution in [3.8, 4) is 11.5 Å². The maximum Gasteiger partial charge on any atom is 0.410 e. The van der Waals surface area contributed by atoms with Gasteiger partial charge >= 0.3 is 6.09 Å². The average Bonchev–Trinajstić information content (AvgIpc) is 2.59. The summed E-state index contributed by atoms with van der Waals surface area (Å²) in [6.45, 7) is 6.59. The Hall–Kier alpha value is -2.44. The van der Waals surface area contributed by atoms with E-state index in [0.29, 0.717) is 30.2 Å². The predicted octanol–water partition coefficient (Wildman–Crippen LogP) is 2.83. The van der Waals surface area contributed by atoms with E-state index in [1.165, 1.54) is 7.11 Å². The third kappa shape index (κ3) is 5.28. The van der Waals surface area contributed by atoms with E-state index in [4.69, 9.17) is 14.2 Å². The first kappa shape index (κ1) is 19.9. The topological polar surface area (TPSA) is 77.1 Å². The van der Waals surface area contributed by atoms with E-state index in [0.717, 1.165) is 12.8 Å². The first-order valence-corrected chi connectivity index (χ1v) is 8.74. The number of carbonyl (C=O) groups is 2. The minimum Gasteiger partial charge on any atom is -0.493 e. The van der Waals surface area contributed by atoms with E-state index in [1.807, 2.05) is 20.8 Å². The molecule has 1 aromatic rings. The normalized spacial score (nSPS) is 17.4. The van der Waals surface area contributed by atoms with Crippen LogP contribution >= 0.6 is 0 Å². The van der Waals surface area contributed by atoms with Gasteiger partial charge in [-0.05, 0) is 51.8 Å². The molecule has 1 N–H and O–H groups in total. The highest BCUT2D eigenvalue weighted by molar-refractivity contribution is 5.95. The van der Waals surface area contributed by atoms with Crippen molar-refractivity contribution in [1.82, 2.24) is 10.2 Å². The van der Waals surface area contributed by atoms with Crippen molar-refractivity contribution in [3.05, 3.63) is 23.8 Å². The Morgan fingerprint density at radius 2 is 1.85 bits per heavy atom. The number of nitrogens with one attached hydrogen (secondary N) is 1. The number of hydrogen-bond donors (Lipinski definition) is 1. The standard InChI is InChI=1S/C19H28N2O5/c1-19(2,3)26-18(23)21-10-6-7-14(12-21)20-17(22)13-8-9-15(24-4)16(11-13)25-5/h8-9,11,14H,6-7,10,12H2,1-5H3,(H,20,22)/t14-/m0/s1. The Kier molecular flexibility index (Phi) is 6.34. The molecule has 0 spiro atoms. The summed E-state index contributed by atoms with van der Waals surface area (Å²) in [5.41, 5.74) is -0.0514. The maximum atomic E-state index is 12.5. The van der Waals surface area contributed by atoms with Gasteiger partial charge in [0.1, 0.15) is 5.60 Å². The van der Waals surface area contributed by atoms with Gasteiger partial charge in [-0.25, -0.2) is 4.79 Å². The number of piperidine rings is 1. The third-order valence-corrected chi connectivity index (χ3v) is 4.05. The Morgan fingerprint density at radius 3 is 2.46 bits per heavy atom. The largest absolute Gasteiger partial charge is 0.493 e. The van der Waals surface area contributed by atoms with E-state index in [2.05, 4.69) is 5.32 Å². The quantitative estimate of drug-likeness (QED) is 0.889. The number of benzene rings is 1. The molecule has 1 aliphatic rings. The molecule has 26 heavy (non-hydrogen) atoms. The van der Waals surface area contributed by atoms with E-state index in [-0.39, 0.29) is 18.0 Å². The van der Waals surface area contributed by atoms with Crippen molar-refractivity contribution in [2.75, 3.05) is 27.3 Å². The third-order valence-electron chi connectivity index (χ3n) is 4.05. The van der Waals surface area contributed by atoms with Crippen LogP contribution < -0.4 is 14.8 Å². The second kappa shape index (κ2) is 8.29. The molecule has 0 bridgehead atoms. The fourth-order valence-electron chi connectivity index (χ4n) is 2.83. The molecule has 0 saturated carbocycles. The number of nitrogens with zero attached hydrogens (tertiary/aromatic N) is 1. The molecule has 1 saturated heterocycles.